The Hall–Kier alpha value is -0.870. The van der Waals surface area contributed by atoms with Crippen molar-refractivity contribution in [3.63, 3.8) is 0 Å². The van der Waals surface area contributed by atoms with Crippen LogP contribution in [0.2, 0.25) is 0 Å². The van der Waals surface area contributed by atoms with Crippen molar-refractivity contribution in [3.05, 3.63) is 17.5 Å². The molecule has 2 aromatic rings. The Morgan fingerprint density at radius 2 is 2.36 bits per heavy atom. The van der Waals surface area contributed by atoms with Crippen LogP contribution in [0.4, 0.5) is 5.69 Å². The van der Waals surface area contributed by atoms with Crippen molar-refractivity contribution < 1.29 is 4.74 Å². The second-order valence-corrected chi connectivity index (χ2v) is 4.27. The number of rotatable bonds is 2. The zero-order valence-electron chi connectivity index (χ0n) is 7.78. The SMILES string of the molecule is CCOc1cc2ccsc2c(S)c1N. The van der Waals surface area contributed by atoms with Gasteiger partial charge in [-0.15, -0.1) is 24.0 Å². The van der Waals surface area contributed by atoms with E-state index in [4.69, 9.17) is 10.5 Å². The fraction of sp³-hybridized carbons (Fsp3) is 0.200. The monoisotopic (exact) mass is 225 g/mol. The molecule has 2 nitrogen and oxygen atoms in total. The highest BCUT2D eigenvalue weighted by Crippen LogP contribution is 2.38. The number of hydrogen-bond donors (Lipinski definition) is 2. The number of anilines is 1. The van der Waals surface area contributed by atoms with Gasteiger partial charge in [0.25, 0.3) is 0 Å². The molecule has 4 heteroatoms. The minimum atomic E-state index is 0.618. The summed E-state index contributed by atoms with van der Waals surface area (Å²) in [6, 6.07) is 4.01. The molecule has 0 spiro atoms. The molecule has 0 atom stereocenters. The summed E-state index contributed by atoms with van der Waals surface area (Å²) < 4.78 is 6.55. The molecular formula is C10H11NOS2. The Morgan fingerprint density at radius 1 is 1.57 bits per heavy atom. The highest BCUT2D eigenvalue weighted by Gasteiger charge is 2.09. The zero-order valence-corrected chi connectivity index (χ0v) is 9.49. The van der Waals surface area contributed by atoms with E-state index in [0.29, 0.717) is 12.3 Å². The lowest BCUT2D eigenvalue weighted by Crippen LogP contribution is -1.97. The predicted molar refractivity (Wildman–Crippen MR) is 64.7 cm³/mol. The first-order valence-corrected chi connectivity index (χ1v) is 5.68. The summed E-state index contributed by atoms with van der Waals surface area (Å²) in [6.07, 6.45) is 0. The van der Waals surface area contributed by atoms with Gasteiger partial charge in [-0.05, 0) is 29.8 Å². The topological polar surface area (TPSA) is 35.2 Å². The molecule has 2 N–H and O–H groups in total. The third kappa shape index (κ3) is 1.44. The van der Waals surface area contributed by atoms with Gasteiger partial charge in [-0.1, -0.05) is 0 Å². The van der Waals surface area contributed by atoms with Crippen LogP contribution in [0.5, 0.6) is 5.75 Å². The minimum absolute atomic E-state index is 0.618. The van der Waals surface area contributed by atoms with Gasteiger partial charge in [0.15, 0.2) is 0 Å². The van der Waals surface area contributed by atoms with Gasteiger partial charge in [0.2, 0.25) is 0 Å². The molecule has 1 aromatic carbocycles. The van der Waals surface area contributed by atoms with Crippen LogP contribution in [0.15, 0.2) is 22.4 Å². The average molecular weight is 225 g/mol. The number of thiol groups is 1. The van der Waals surface area contributed by atoms with Crippen molar-refractivity contribution in [1.29, 1.82) is 0 Å². The molecule has 0 aliphatic rings. The summed E-state index contributed by atoms with van der Waals surface area (Å²) in [5.74, 6) is 0.725. The highest BCUT2D eigenvalue weighted by atomic mass is 32.1. The van der Waals surface area contributed by atoms with Crippen LogP contribution in [-0.4, -0.2) is 6.61 Å². The summed E-state index contributed by atoms with van der Waals surface area (Å²) in [7, 11) is 0. The number of benzene rings is 1. The van der Waals surface area contributed by atoms with Gasteiger partial charge in [0.05, 0.1) is 12.3 Å². The Morgan fingerprint density at radius 3 is 3.07 bits per heavy atom. The fourth-order valence-corrected chi connectivity index (χ4v) is 2.59. The van der Waals surface area contributed by atoms with E-state index in [2.05, 4.69) is 12.6 Å². The summed E-state index contributed by atoms with van der Waals surface area (Å²) in [4.78, 5) is 0.820. The van der Waals surface area contributed by atoms with E-state index >= 15 is 0 Å². The first kappa shape index (κ1) is 9.68. The Balaban J connectivity index is 2.67. The molecule has 0 unspecified atom stereocenters. The molecule has 2 rings (SSSR count). The van der Waals surface area contributed by atoms with Gasteiger partial charge in [0.1, 0.15) is 5.75 Å². The summed E-state index contributed by atoms with van der Waals surface area (Å²) >= 11 is 6.04. The molecule has 1 heterocycles. The highest BCUT2D eigenvalue weighted by molar-refractivity contribution is 7.81. The Kier molecular flexibility index (Phi) is 2.56. The lowest BCUT2D eigenvalue weighted by atomic mass is 10.2. The van der Waals surface area contributed by atoms with E-state index < -0.39 is 0 Å². The van der Waals surface area contributed by atoms with Gasteiger partial charge in [-0.25, -0.2) is 0 Å². The fourth-order valence-electron chi connectivity index (χ4n) is 1.36. The molecule has 0 amide bonds. The maximum absolute atomic E-state index is 5.90. The second-order valence-electron chi connectivity index (χ2n) is 2.91. The quantitative estimate of drug-likeness (QED) is 0.608. The number of nitrogen functional groups attached to an aromatic ring is 1. The van der Waals surface area contributed by atoms with Crippen LogP contribution in [-0.2, 0) is 0 Å². The summed E-state index contributed by atoms with van der Waals surface area (Å²) in [5, 5.41) is 3.16. The lowest BCUT2D eigenvalue weighted by Gasteiger charge is -2.09. The minimum Gasteiger partial charge on any atom is -0.492 e. The van der Waals surface area contributed by atoms with Crippen LogP contribution in [0.25, 0.3) is 10.1 Å². The first-order valence-electron chi connectivity index (χ1n) is 4.35. The van der Waals surface area contributed by atoms with Crippen LogP contribution in [0, 0.1) is 0 Å². The molecule has 0 fully saturated rings. The maximum atomic E-state index is 5.90. The third-order valence-corrected chi connectivity index (χ3v) is 3.58. The summed E-state index contributed by atoms with van der Waals surface area (Å²) in [5.41, 5.74) is 6.53. The molecule has 0 saturated carbocycles. The van der Waals surface area contributed by atoms with Crippen LogP contribution in [0.1, 0.15) is 6.92 Å². The Bertz CT molecular complexity index is 464. The van der Waals surface area contributed by atoms with Crippen LogP contribution >= 0.6 is 24.0 Å². The van der Waals surface area contributed by atoms with E-state index in [1.165, 1.54) is 0 Å². The third-order valence-electron chi connectivity index (χ3n) is 2.02. The van der Waals surface area contributed by atoms with Crippen molar-refractivity contribution in [2.45, 2.75) is 11.8 Å². The molecule has 0 radical (unpaired) electrons. The number of hydrogen-bond acceptors (Lipinski definition) is 4. The Labute approximate surface area is 92.1 Å². The predicted octanol–water partition coefficient (Wildman–Crippen LogP) is 3.17. The van der Waals surface area contributed by atoms with Crippen LogP contribution < -0.4 is 10.5 Å². The molecule has 0 aliphatic carbocycles. The first-order chi connectivity index (χ1) is 6.74. The molecule has 0 bridgehead atoms. The molecular weight excluding hydrogens is 214 g/mol. The maximum Gasteiger partial charge on any atom is 0.144 e. The number of ether oxygens (including phenoxy) is 1. The van der Waals surface area contributed by atoms with E-state index in [0.717, 1.165) is 20.7 Å². The van der Waals surface area contributed by atoms with Gasteiger partial charge < -0.3 is 10.5 Å². The van der Waals surface area contributed by atoms with E-state index in [-0.39, 0.29) is 0 Å². The van der Waals surface area contributed by atoms with Gasteiger partial charge in [0, 0.05) is 9.60 Å². The van der Waals surface area contributed by atoms with Crippen molar-refractivity contribution in [1.82, 2.24) is 0 Å². The molecule has 14 heavy (non-hydrogen) atoms. The normalized spacial score (nSPS) is 10.7. The standard InChI is InChI=1S/C10H11NOS2/c1-2-12-7-5-6-3-4-14-10(6)9(13)8(7)11/h3-5,13H,2,11H2,1H3. The van der Waals surface area contributed by atoms with E-state index in [1.54, 1.807) is 11.3 Å². The number of nitrogens with two attached hydrogens (primary N) is 1. The summed E-state index contributed by atoms with van der Waals surface area (Å²) in [6.45, 7) is 2.56. The number of thiophene rings is 1. The largest absolute Gasteiger partial charge is 0.492 e. The van der Waals surface area contributed by atoms with E-state index in [9.17, 15) is 0 Å². The van der Waals surface area contributed by atoms with E-state index in [1.807, 2.05) is 24.4 Å². The van der Waals surface area contributed by atoms with Crippen molar-refractivity contribution >= 4 is 39.7 Å². The molecule has 1 aromatic heterocycles. The van der Waals surface area contributed by atoms with Crippen LogP contribution in [0.3, 0.4) is 0 Å². The average Bonchev–Trinajstić information content (AvgIpc) is 2.62. The molecule has 0 aliphatic heterocycles. The van der Waals surface area contributed by atoms with Gasteiger partial charge in [-0.2, -0.15) is 0 Å². The molecule has 0 saturated heterocycles. The zero-order chi connectivity index (χ0) is 10.1. The van der Waals surface area contributed by atoms with Crippen molar-refractivity contribution in [2.24, 2.45) is 0 Å². The van der Waals surface area contributed by atoms with Gasteiger partial charge in [-0.3, -0.25) is 0 Å². The second kappa shape index (κ2) is 3.71. The lowest BCUT2D eigenvalue weighted by molar-refractivity contribution is 0.342. The van der Waals surface area contributed by atoms with Gasteiger partial charge >= 0.3 is 0 Å². The molecule has 74 valence electrons. The van der Waals surface area contributed by atoms with Crippen molar-refractivity contribution in [2.75, 3.05) is 12.3 Å². The van der Waals surface area contributed by atoms with Crippen molar-refractivity contribution in [3.8, 4) is 5.75 Å². The number of fused-ring (bicyclic) bond motifs is 1. The smallest absolute Gasteiger partial charge is 0.144 e.